The minimum absolute atomic E-state index is 0.106. The highest BCUT2D eigenvalue weighted by Gasteiger charge is 2.16. The second-order valence-electron chi connectivity index (χ2n) is 3.53. The van der Waals surface area contributed by atoms with Gasteiger partial charge in [0.2, 0.25) is 0 Å². The number of aromatic nitrogens is 2. The molecular formula is C10H12N4O2S2. The summed E-state index contributed by atoms with van der Waals surface area (Å²) in [5.74, 6) is 0.610. The molecule has 0 aliphatic carbocycles. The normalized spacial score (nSPS) is 11.2. The SMILES string of the molecule is CNc1ccc(S(=O)(=O)Nc2nc(C)cs2)cn1. The summed E-state index contributed by atoms with van der Waals surface area (Å²) in [6, 6.07) is 3.09. The first-order valence-corrected chi connectivity index (χ1v) is 7.46. The van der Waals surface area contributed by atoms with Crippen LogP contribution in [0.3, 0.4) is 0 Å². The van der Waals surface area contributed by atoms with Crippen LogP contribution in [0.2, 0.25) is 0 Å². The summed E-state index contributed by atoms with van der Waals surface area (Å²) in [7, 11) is -1.90. The maximum Gasteiger partial charge on any atom is 0.265 e. The zero-order valence-electron chi connectivity index (χ0n) is 9.84. The average molecular weight is 284 g/mol. The molecule has 0 amide bonds. The molecule has 18 heavy (non-hydrogen) atoms. The van der Waals surface area contributed by atoms with Gasteiger partial charge in [-0.1, -0.05) is 0 Å². The molecule has 0 atom stereocenters. The van der Waals surface area contributed by atoms with Crippen LogP contribution in [0.1, 0.15) is 5.69 Å². The van der Waals surface area contributed by atoms with E-state index < -0.39 is 10.0 Å². The second-order valence-corrected chi connectivity index (χ2v) is 6.07. The van der Waals surface area contributed by atoms with E-state index in [2.05, 4.69) is 20.0 Å². The molecular weight excluding hydrogens is 272 g/mol. The van der Waals surface area contributed by atoms with Gasteiger partial charge >= 0.3 is 0 Å². The maximum absolute atomic E-state index is 12.0. The third-order valence-corrected chi connectivity index (χ3v) is 4.47. The molecule has 0 aliphatic heterocycles. The molecule has 2 rings (SSSR count). The minimum Gasteiger partial charge on any atom is -0.373 e. The molecule has 0 aromatic carbocycles. The Morgan fingerprint density at radius 1 is 1.33 bits per heavy atom. The second kappa shape index (κ2) is 4.91. The highest BCUT2D eigenvalue weighted by molar-refractivity contribution is 7.93. The number of nitrogens with one attached hydrogen (secondary N) is 2. The number of pyridine rings is 1. The van der Waals surface area contributed by atoms with E-state index in [9.17, 15) is 8.42 Å². The molecule has 2 aromatic rings. The van der Waals surface area contributed by atoms with Crippen LogP contribution < -0.4 is 10.0 Å². The van der Waals surface area contributed by atoms with Gasteiger partial charge in [0.25, 0.3) is 10.0 Å². The maximum atomic E-state index is 12.0. The lowest BCUT2D eigenvalue weighted by Crippen LogP contribution is -2.13. The van der Waals surface area contributed by atoms with Gasteiger partial charge in [-0.25, -0.2) is 18.4 Å². The fourth-order valence-corrected chi connectivity index (χ4v) is 3.15. The highest BCUT2D eigenvalue weighted by atomic mass is 32.2. The topological polar surface area (TPSA) is 84.0 Å². The number of hydrogen-bond donors (Lipinski definition) is 2. The summed E-state index contributed by atoms with van der Waals surface area (Å²) in [4.78, 5) is 8.12. The molecule has 6 nitrogen and oxygen atoms in total. The molecule has 2 N–H and O–H groups in total. The highest BCUT2D eigenvalue weighted by Crippen LogP contribution is 2.19. The molecule has 2 heterocycles. The Balaban J connectivity index is 2.24. The molecule has 0 radical (unpaired) electrons. The number of aryl methyl sites for hydroxylation is 1. The van der Waals surface area contributed by atoms with Gasteiger partial charge < -0.3 is 5.32 Å². The van der Waals surface area contributed by atoms with Crippen LogP contribution in [-0.2, 0) is 10.0 Å². The van der Waals surface area contributed by atoms with Crippen LogP contribution in [0.25, 0.3) is 0 Å². The number of nitrogens with zero attached hydrogens (tertiary/aromatic N) is 2. The molecule has 0 saturated heterocycles. The smallest absolute Gasteiger partial charge is 0.265 e. The van der Waals surface area contributed by atoms with Gasteiger partial charge in [-0.2, -0.15) is 0 Å². The number of sulfonamides is 1. The third-order valence-electron chi connectivity index (χ3n) is 2.14. The summed E-state index contributed by atoms with van der Waals surface area (Å²) in [6.07, 6.45) is 1.30. The van der Waals surface area contributed by atoms with Crippen LogP contribution in [0.4, 0.5) is 10.9 Å². The van der Waals surface area contributed by atoms with Crippen molar-refractivity contribution in [3.63, 3.8) is 0 Å². The molecule has 96 valence electrons. The van der Waals surface area contributed by atoms with E-state index in [1.807, 2.05) is 0 Å². The van der Waals surface area contributed by atoms with E-state index in [-0.39, 0.29) is 4.90 Å². The van der Waals surface area contributed by atoms with Crippen molar-refractivity contribution in [1.29, 1.82) is 0 Å². The molecule has 2 aromatic heterocycles. The Kier molecular flexibility index (Phi) is 3.48. The molecule has 0 bridgehead atoms. The lowest BCUT2D eigenvalue weighted by Gasteiger charge is -2.05. The monoisotopic (exact) mass is 284 g/mol. The first-order chi connectivity index (χ1) is 8.51. The van der Waals surface area contributed by atoms with Crippen LogP contribution >= 0.6 is 11.3 Å². The van der Waals surface area contributed by atoms with Crippen molar-refractivity contribution >= 4 is 32.3 Å². The Bertz CT molecular complexity index is 634. The van der Waals surface area contributed by atoms with E-state index >= 15 is 0 Å². The van der Waals surface area contributed by atoms with Crippen LogP contribution in [0.15, 0.2) is 28.6 Å². The van der Waals surface area contributed by atoms with E-state index in [0.717, 1.165) is 5.69 Å². The van der Waals surface area contributed by atoms with E-state index in [0.29, 0.717) is 10.9 Å². The standard InChI is InChI=1S/C10H12N4O2S2/c1-7-6-17-10(13-7)14-18(15,16)8-3-4-9(11-2)12-5-8/h3-6H,1-2H3,(H,11,12)(H,13,14). The first-order valence-electron chi connectivity index (χ1n) is 5.10. The zero-order valence-corrected chi connectivity index (χ0v) is 11.5. The van der Waals surface area contributed by atoms with E-state index in [1.54, 1.807) is 25.4 Å². The molecule has 8 heteroatoms. The van der Waals surface area contributed by atoms with E-state index in [1.165, 1.54) is 23.6 Å². The zero-order chi connectivity index (χ0) is 13.2. The molecule has 0 saturated carbocycles. The number of thiazole rings is 1. The summed E-state index contributed by atoms with van der Waals surface area (Å²) >= 11 is 1.24. The lowest BCUT2D eigenvalue weighted by atomic mass is 10.5. The van der Waals surface area contributed by atoms with Crippen molar-refractivity contribution in [3.05, 3.63) is 29.4 Å². The number of rotatable bonds is 4. The van der Waals surface area contributed by atoms with Crippen molar-refractivity contribution < 1.29 is 8.42 Å². The van der Waals surface area contributed by atoms with Crippen molar-refractivity contribution in [1.82, 2.24) is 9.97 Å². The van der Waals surface area contributed by atoms with Gasteiger partial charge in [0, 0.05) is 18.6 Å². The summed E-state index contributed by atoms with van der Waals surface area (Å²) < 4.78 is 26.4. The quantitative estimate of drug-likeness (QED) is 0.892. The van der Waals surface area contributed by atoms with Crippen molar-refractivity contribution in [3.8, 4) is 0 Å². The van der Waals surface area contributed by atoms with Crippen molar-refractivity contribution in [2.75, 3.05) is 17.1 Å². The third kappa shape index (κ3) is 2.77. The summed E-state index contributed by atoms with van der Waals surface area (Å²) in [5, 5.41) is 4.95. The van der Waals surface area contributed by atoms with Gasteiger partial charge in [0.1, 0.15) is 10.7 Å². The van der Waals surface area contributed by atoms with E-state index in [4.69, 9.17) is 0 Å². The van der Waals surface area contributed by atoms with Gasteiger partial charge in [-0.15, -0.1) is 11.3 Å². The van der Waals surface area contributed by atoms with Crippen molar-refractivity contribution in [2.45, 2.75) is 11.8 Å². The minimum atomic E-state index is -3.62. The van der Waals surface area contributed by atoms with Crippen LogP contribution in [0.5, 0.6) is 0 Å². The van der Waals surface area contributed by atoms with Gasteiger partial charge in [0.15, 0.2) is 5.13 Å². The molecule has 0 aliphatic rings. The van der Waals surface area contributed by atoms with Gasteiger partial charge in [-0.05, 0) is 19.1 Å². The first kappa shape index (κ1) is 12.8. The molecule has 0 fully saturated rings. The summed E-state index contributed by atoms with van der Waals surface area (Å²) in [5.41, 5.74) is 0.779. The Labute approximate surface area is 109 Å². The predicted molar refractivity (Wildman–Crippen MR) is 71.4 cm³/mol. The largest absolute Gasteiger partial charge is 0.373 e. The summed E-state index contributed by atoms with van der Waals surface area (Å²) in [6.45, 7) is 1.80. The number of anilines is 2. The average Bonchev–Trinajstić information content (AvgIpc) is 2.74. The fraction of sp³-hybridized carbons (Fsp3) is 0.200. The Hall–Kier alpha value is -1.67. The number of hydrogen-bond acceptors (Lipinski definition) is 6. The molecule has 0 spiro atoms. The fourth-order valence-electron chi connectivity index (χ4n) is 1.26. The van der Waals surface area contributed by atoms with Crippen molar-refractivity contribution in [2.24, 2.45) is 0 Å². The lowest BCUT2D eigenvalue weighted by molar-refractivity contribution is 0.601. The predicted octanol–water partition coefficient (Wildman–Crippen LogP) is 1.69. The van der Waals surface area contributed by atoms with Gasteiger partial charge in [0.05, 0.1) is 5.69 Å². The van der Waals surface area contributed by atoms with Gasteiger partial charge in [-0.3, -0.25) is 4.72 Å². The Morgan fingerprint density at radius 3 is 2.61 bits per heavy atom. The molecule has 0 unspecified atom stereocenters. The van der Waals surface area contributed by atoms with Crippen LogP contribution in [-0.4, -0.2) is 25.4 Å². The van der Waals surface area contributed by atoms with Crippen LogP contribution in [0, 0.1) is 6.92 Å². The Morgan fingerprint density at radius 2 is 2.11 bits per heavy atom.